The molecule has 1 aromatic rings. The van der Waals surface area contributed by atoms with E-state index >= 15 is 0 Å². The normalized spacial score (nSPS) is 11.6. The van der Waals surface area contributed by atoms with E-state index in [0.717, 1.165) is 0 Å². The molecule has 0 aliphatic rings. The fourth-order valence-corrected chi connectivity index (χ4v) is 2.96. The Morgan fingerprint density at radius 1 is 1.17 bits per heavy atom. The van der Waals surface area contributed by atoms with E-state index in [1.807, 2.05) is 6.92 Å². The molecular weight excluding hydrogens is 323 g/mol. The zero-order chi connectivity index (χ0) is 13.8. The number of hydrogen-bond donors (Lipinski definition) is 0. The summed E-state index contributed by atoms with van der Waals surface area (Å²) >= 11 is 11.7. The smallest absolute Gasteiger partial charge is 0.262 e. The molecular formula is C10H11Cl3O4S. The summed E-state index contributed by atoms with van der Waals surface area (Å²) in [6, 6.07) is 2.64. The Kier molecular flexibility index (Phi) is 6.01. The maximum atomic E-state index is 11.2. The van der Waals surface area contributed by atoms with E-state index in [9.17, 15) is 8.42 Å². The Morgan fingerprint density at radius 3 is 2.39 bits per heavy atom. The van der Waals surface area contributed by atoms with Crippen molar-refractivity contribution in [1.82, 2.24) is 0 Å². The molecule has 102 valence electrons. The van der Waals surface area contributed by atoms with Crippen LogP contribution in [-0.4, -0.2) is 28.2 Å². The minimum Gasteiger partial charge on any atom is -0.490 e. The maximum absolute atomic E-state index is 11.2. The van der Waals surface area contributed by atoms with Crippen LogP contribution in [0, 0.1) is 0 Å². The van der Waals surface area contributed by atoms with Gasteiger partial charge >= 0.3 is 0 Å². The molecule has 0 aliphatic heterocycles. The van der Waals surface area contributed by atoms with Crippen LogP contribution in [0.3, 0.4) is 0 Å². The highest BCUT2D eigenvalue weighted by Gasteiger charge is 2.19. The molecule has 0 atom stereocenters. The van der Waals surface area contributed by atoms with Gasteiger partial charge in [0.05, 0.1) is 11.6 Å². The fraction of sp³-hybridized carbons (Fsp3) is 0.400. The van der Waals surface area contributed by atoms with Gasteiger partial charge in [0.15, 0.2) is 0 Å². The standard InChI is InChI=1S/C10H11Cl3O4S/c1-2-16-5-6-17-7-3-4-8(18(13,14)15)10(12)9(7)11/h3-4H,2,5-6H2,1H3. The summed E-state index contributed by atoms with van der Waals surface area (Å²) in [6.45, 7) is 3.14. The number of halogens is 3. The molecule has 0 aromatic heterocycles. The van der Waals surface area contributed by atoms with Gasteiger partial charge in [-0.1, -0.05) is 23.2 Å². The topological polar surface area (TPSA) is 52.6 Å². The van der Waals surface area contributed by atoms with Crippen molar-refractivity contribution in [3.05, 3.63) is 22.2 Å². The molecule has 1 rings (SSSR count). The Labute approximate surface area is 120 Å². The third kappa shape index (κ3) is 4.17. The quantitative estimate of drug-likeness (QED) is 0.592. The predicted octanol–water partition coefficient (Wildman–Crippen LogP) is 3.34. The molecule has 0 saturated heterocycles. The number of rotatable bonds is 6. The molecule has 1 aromatic carbocycles. The molecule has 18 heavy (non-hydrogen) atoms. The molecule has 0 fully saturated rings. The van der Waals surface area contributed by atoms with Crippen molar-refractivity contribution in [3.8, 4) is 5.75 Å². The summed E-state index contributed by atoms with van der Waals surface area (Å²) in [6.07, 6.45) is 0. The lowest BCUT2D eigenvalue weighted by Gasteiger charge is -2.10. The Morgan fingerprint density at radius 2 is 1.83 bits per heavy atom. The summed E-state index contributed by atoms with van der Waals surface area (Å²) in [7, 11) is 1.28. The zero-order valence-electron chi connectivity index (χ0n) is 9.45. The lowest BCUT2D eigenvalue weighted by Crippen LogP contribution is -2.07. The molecule has 0 aliphatic carbocycles. The van der Waals surface area contributed by atoms with Crippen molar-refractivity contribution in [2.24, 2.45) is 0 Å². The third-order valence-electron chi connectivity index (χ3n) is 1.96. The zero-order valence-corrected chi connectivity index (χ0v) is 12.5. The van der Waals surface area contributed by atoms with Gasteiger partial charge in [-0.3, -0.25) is 0 Å². The molecule has 0 amide bonds. The van der Waals surface area contributed by atoms with E-state index in [4.69, 9.17) is 43.4 Å². The highest BCUT2D eigenvalue weighted by molar-refractivity contribution is 8.13. The second-order valence-corrected chi connectivity index (χ2v) is 6.46. The second-order valence-electron chi connectivity index (χ2n) is 3.17. The van der Waals surface area contributed by atoms with Crippen LogP contribution in [-0.2, 0) is 13.8 Å². The number of ether oxygens (including phenoxy) is 2. The molecule has 8 heteroatoms. The summed E-state index contributed by atoms with van der Waals surface area (Å²) in [5, 5.41) is -0.143. The number of hydrogen-bond acceptors (Lipinski definition) is 4. The summed E-state index contributed by atoms with van der Waals surface area (Å²) in [4.78, 5) is -0.243. The van der Waals surface area contributed by atoms with Gasteiger partial charge in [0.1, 0.15) is 22.3 Å². The average molecular weight is 334 g/mol. The van der Waals surface area contributed by atoms with E-state index in [2.05, 4.69) is 0 Å². The molecule has 0 bridgehead atoms. The van der Waals surface area contributed by atoms with Crippen LogP contribution in [0.4, 0.5) is 0 Å². The average Bonchev–Trinajstić information content (AvgIpc) is 2.28. The first-order chi connectivity index (χ1) is 8.38. The van der Waals surface area contributed by atoms with Crippen molar-refractivity contribution in [2.75, 3.05) is 19.8 Å². The molecule has 0 N–H and O–H groups in total. The van der Waals surface area contributed by atoms with Gasteiger partial charge in [-0.25, -0.2) is 8.42 Å². The lowest BCUT2D eigenvalue weighted by atomic mass is 10.3. The Hall–Kier alpha value is -0.200. The third-order valence-corrected chi connectivity index (χ3v) is 4.30. The Balaban J connectivity index is 2.88. The van der Waals surface area contributed by atoms with Crippen LogP contribution >= 0.6 is 33.9 Å². The fourth-order valence-electron chi connectivity index (χ4n) is 1.17. The summed E-state index contributed by atoms with van der Waals surface area (Å²) < 4.78 is 32.7. The molecule has 4 nitrogen and oxygen atoms in total. The van der Waals surface area contributed by atoms with Crippen LogP contribution in [0.25, 0.3) is 0 Å². The van der Waals surface area contributed by atoms with Gasteiger partial charge in [-0.15, -0.1) is 0 Å². The van der Waals surface area contributed by atoms with Crippen LogP contribution in [0.1, 0.15) is 6.92 Å². The first-order valence-electron chi connectivity index (χ1n) is 5.01. The van der Waals surface area contributed by atoms with Gasteiger partial charge in [-0.2, -0.15) is 0 Å². The second kappa shape index (κ2) is 6.82. The van der Waals surface area contributed by atoms with Crippen molar-refractivity contribution in [3.63, 3.8) is 0 Å². The highest BCUT2D eigenvalue weighted by Crippen LogP contribution is 2.37. The van der Waals surface area contributed by atoms with E-state index in [1.54, 1.807) is 0 Å². The summed E-state index contributed by atoms with van der Waals surface area (Å²) in [5.41, 5.74) is 0. The molecule has 0 saturated carbocycles. The van der Waals surface area contributed by atoms with Gasteiger partial charge in [0.2, 0.25) is 0 Å². The van der Waals surface area contributed by atoms with Crippen LogP contribution in [0.2, 0.25) is 10.0 Å². The maximum Gasteiger partial charge on any atom is 0.262 e. The monoisotopic (exact) mass is 332 g/mol. The van der Waals surface area contributed by atoms with Gasteiger partial charge in [-0.05, 0) is 19.1 Å². The SMILES string of the molecule is CCOCCOc1ccc(S(=O)(=O)Cl)c(Cl)c1Cl. The largest absolute Gasteiger partial charge is 0.490 e. The first kappa shape index (κ1) is 15.9. The van der Waals surface area contributed by atoms with Gasteiger partial charge in [0.25, 0.3) is 9.05 Å². The predicted molar refractivity (Wildman–Crippen MR) is 71.5 cm³/mol. The van der Waals surface area contributed by atoms with Gasteiger partial charge in [0, 0.05) is 17.3 Å². The van der Waals surface area contributed by atoms with Crippen LogP contribution < -0.4 is 4.74 Å². The van der Waals surface area contributed by atoms with Crippen LogP contribution in [0.15, 0.2) is 17.0 Å². The Bertz CT molecular complexity index is 516. The van der Waals surface area contributed by atoms with E-state index in [-0.39, 0.29) is 27.3 Å². The first-order valence-corrected chi connectivity index (χ1v) is 8.07. The minimum absolute atomic E-state index is 0.00916. The molecule has 0 spiro atoms. The van der Waals surface area contributed by atoms with Crippen molar-refractivity contribution < 1.29 is 17.9 Å². The minimum atomic E-state index is -3.93. The summed E-state index contributed by atoms with van der Waals surface area (Å²) in [5.74, 6) is 0.283. The molecule has 0 heterocycles. The van der Waals surface area contributed by atoms with Crippen molar-refractivity contribution in [2.45, 2.75) is 11.8 Å². The van der Waals surface area contributed by atoms with Crippen molar-refractivity contribution in [1.29, 1.82) is 0 Å². The van der Waals surface area contributed by atoms with E-state index in [1.165, 1.54) is 12.1 Å². The molecule has 0 unspecified atom stereocenters. The highest BCUT2D eigenvalue weighted by atomic mass is 35.7. The van der Waals surface area contributed by atoms with Gasteiger partial charge < -0.3 is 9.47 Å². The van der Waals surface area contributed by atoms with Crippen LogP contribution in [0.5, 0.6) is 5.75 Å². The number of benzene rings is 1. The van der Waals surface area contributed by atoms with E-state index < -0.39 is 9.05 Å². The van der Waals surface area contributed by atoms with E-state index in [0.29, 0.717) is 13.2 Å². The molecule has 0 radical (unpaired) electrons. The van der Waals surface area contributed by atoms with Crippen molar-refractivity contribution >= 4 is 42.9 Å². The lowest BCUT2D eigenvalue weighted by molar-refractivity contribution is 0.110.